The summed E-state index contributed by atoms with van der Waals surface area (Å²) in [5.41, 5.74) is 8.81. The first kappa shape index (κ1) is 12.4. The molecule has 3 aromatic rings. The fraction of sp³-hybridized carbons (Fsp3) is 0.0625. The van der Waals surface area contributed by atoms with Crippen LogP contribution >= 0.6 is 0 Å². The van der Waals surface area contributed by atoms with Gasteiger partial charge in [0.15, 0.2) is 11.6 Å². The fourth-order valence-electron chi connectivity index (χ4n) is 2.21. The van der Waals surface area contributed by atoms with Crippen LogP contribution in [0.1, 0.15) is 5.56 Å². The Morgan fingerprint density at radius 1 is 1.10 bits per heavy atom. The molecule has 3 rings (SSSR count). The standard InChI is InChI=1S/C16H13FN2O/c1-10-5-4-6-11(9-10)14-15(20-19-16(14)18)12-7-2-3-8-13(12)17/h2-9H,1H3,(H2,18,19). The number of rotatable bonds is 2. The second kappa shape index (κ2) is 4.81. The van der Waals surface area contributed by atoms with E-state index in [1.807, 2.05) is 31.2 Å². The van der Waals surface area contributed by atoms with E-state index in [0.717, 1.165) is 11.1 Å². The average Bonchev–Trinajstić information content (AvgIpc) is 2.81. The van der Waals surface area contributed by atoms with Crippen molar-refractivity contribution < 1.29 is 8.91 Å². The second-order valence-electron chi connectivity index (χ2n) is 4.62. The molecule has 0 saturated carbocycles. The maximum absolute atomic E-state index is 13.9. The van der Waals surface area contributed by atoms with Crippen LogP contribution in [0.5, 0.6) is 0 Å². The Morgan fingerprint density at radius 2 is 1.90 bits per heavy atom. The molecule has 0 aliphatic rings. The molecule has 0 amide bonds. The molecule has 0 bridgehead atoms. The maximum atomic E-state index is 13.9. The first-order chi connectivity index (χ1) is 9.66. The van der Waals surface area contributed by atoms with Crippen LogP contribution in [0.2, 0.25) is 0 Å². The summed E-state index contributed by atoms with van der Waals surface area (Å²) in [5, 5.41) is 3.78. The summed E-state index contributed by atoms with van der Waals surface area (Å²) in [6.07, 6.45) is 0. The topological polar surface area (TPSA) is 52.0 Å². The molecule has 0 spiro atoms. The van der Waals surface area contributed by atoms with Crippen LogP contribution in [0.15, 0.2) is 53.1 Å². The largest absolute Gasteiger partial charge is 0.380 e. The molecule has 0 radical (unpaired) electrons. The zero-order valence-corrected chi connectivity index (χ0v) is 10.9. The van der Waals surface area contributed by atoms with Gasteiger partial charge in [-0.15, -0.1) is 0 Å². The van der Waals surface area contributed by atoms with Crippen LogP contribution in [0.3, 0.4) is 0 Å². The van der Waals surface area contributed by atoms with Gasteiger partial charge in [0.05, 0.1) is 11.1 Å². The maximum Gasteiger partial charge on any atom is 0.179 e. The third kappa shape index (κ3) is 2.05. The minimum absolute atomic E-state index is 0.258. The molecule has 1 aromatic heterocycles. The highest BCUT2D eigenvalue weighted by Gasteiger charge is 2.19. The predicted octanol–water partition coefficient (Wildman–Crippen LogP) is 4.04. The monoisotopic (exact) mass is 268 g/mol. The lowest BCUT2D eigenvalue weighted by Gasteiger charge is -2.04. The SMILES string of the molecule is Cc1cccc(-c2c(N)noc2-c2ccccc2F)c1. The minimum atomic E-state index is -0.363. The minimum Gasteiger partial charge on any atom is -0.380 e. The summed E-state index contributed by atoms with van der Waals surface area (Å²) in [6.45, 7) is 1.98. The number of benzene rings is 2. The van der Waals surface area contributed by atoms with E-state index in [-0.39, 0.29) is 11.6 Å². The number of nitrogens with two attached hydrogens (primary N) is 1. The second-order valence-corrected chi connectivity index (χ2v) is 4.62. The molecule has 1 heterocycles. The molecule has 100 valence electrons. The van der Waals surface area contributed by atoms with E-state index < -0.39 is 0 Å². The van der Waals surface area contributed by atoms with Crippen molar-refractivity contribution in [2.24, 2.45) is 0 Å². The summed E-state index contributed by atoms with van der Waals surface area (Å²) in [5.74, 6) is 0.248. The third-order valence-electron chi connectivity index (χ3n) is 3.14. The lowest BCUT2D eigenvalue weighted by molar-refractivity contribution is 0.433. The highest BCUT2D eigenvalue weighted by Crippen LogP contribution is 2.37. The zero-order valence-electron chi connectivity index (χ0n) is 10.9. The Balaban J connectivity index is 2.23. The molecule has 4 heteroatoms. The summed E-state index contributed by atoms with van der Waals surface area (Å²) in [6, 6.07) is 14.2. The molecular formula is C16H13FN2O. The van der Waals surface area contributed by atoms with Gasteiger partial charge >= 0.3 is 0 Å². The van der Waals surface area contributed by atoms with Gasteiger partial charge in [0.2, 0.25) is 0 Å². The van der Waals surface area contributed by atoms with E-state index in [1.54, 1.807) is 18.2 Å². The van der Waals surface area contributed by atoms with Gasteiger partial charge in [0.25, 0.3) is 0 Å². The summed E-state index contributed by atoms with van der Waals surface area (Å²) >= 11 is 0. The number of nitrogen functional groups attached to an aromatic ring is 1. The lowest BCUT2D eigenvalue weighted by Crippen LogP contribution is -1.90. The number of anilines is 1. The van der Waals surface area contributed by atoms with E-state index in [1.165, 1.54) is 6.07 Å². The van der Waals surface area contributed by atoms with Crippen LogP contribution in [-0.4, -0.2) is 5.16 Å². The third-order valence-corrected chi connectivity index (χ3v) is 3.14. The number of aryl methyl sites for hydroxylation is 1. The Bertz CT molecular complexity index is 765. The summed E-state index contributed by atoms with van der Waals surface area (Å²) in [7, 11) is 0. The number of hydrogen-bond acceptors (Lipinski definition) is 3. The van der Waals surface area contributed by atoms with Gasteiger partial charge in [-0.2, -0.15) is 0 Å². The average molecular weight is 268 g/mol. The molecule has 2 N–H and O–H groups in total. The van der Waals surface area contributed by atoms with Crippen LogP contribution < -0.4 is 5.73 Å². The van der Waals surface area contributed by atoms with E-state index >= 15 is 0 Å². The molecule has 3 nitrogen and oxygen atoms in total. The lowest BCUT2D eigenvalue weighted by atomic mass is 10.00. The van der Waals surface area contributed by atoms with Crippen molar-refractivity contribution in [2.75, 3.05) is 5.73 Å². The predicted molar refractivity (Wildman–Crippen MR) is 76.5 cm³/mol. The van der Waals surface area contributed by atoms with Gasteiger partial charge in [-0.1, -0.05) is 47.1 Å². The van der Waals surface area contributed by atoms with Crippen molar-refractivity contribution >= 4 is 5.82 Å². The zero-order chi connectivity index (χ0) is 14.1. The molecule has 0 atom stereocenters. The fourth-order valence-corrected chi connectivity index (χ4v) is 2.21. The van der Waals surface area contributed by atoms with Crippen molar-refractivity contribution in [1.82, 2.24) is 5.16 Å². The highest BCUT2D eigenvalue weighted by atomic mass is 19.1. The van der Waals surface area contributed by atoms with Gasteiger partial charge in [-0.3, -0.25) is 0 Å². The molecule has 0 unspecified atom stereocenters. The quantitative estimate of drug-likeness (QED) is 0.763. The molecule has 0 saturated heterocycles. The van der Waals surface area contributed by atoms with Gasteiger partial charge in [0, 0.05) is 0 Å². The van der Waals surface area contributed by atoms with Gasteiger partial charge < -0.3 is 10.3 Å². The van der Waals surface area contributed by atoms with Crippen LogP contribution in [0.25, 0.3) is 22.5 Å². The number of nitrogens with zero attached hydrogens (tertiary/aromatic N) is 1. The molecule has 20 heavy (non-hydrogen) atoms. The molecule has 0 aliphatic heterocycles. The Kier molecular flexibility index (Phi) is 2.99. The first-order valence-electron chi connectivity index (χ1n) is 6.24. The van der Waals surface area contributed by atoms with Gasteiger partial charge in [0.1, 0.15) is 5.82 Å². The van der Waals surface area contributed by atoms with Crippen LogP contribution in [0.4, 0.5) is 10.2 Å². The Hall–Kier alpha value is -2.62. The number of halogens is 1. The van der Waals surface area contributed by atoms with E-state index in [9.17, 15) is 4.39 Å². The van der Waals surface area contributed by atoms with Crippen molar-refractivity contribution in [2.45, 2.75) is 6.92 Å². The first-order valence-corrected chi connectivity index (χ1v) is 6.24. The Morgan fingerprint density at radius 3 is 2.65 bits per heavy atom. The number of hydrogen-bond donors (Lipinski definition) is 1. The van der Waals surface area contributed by atoms with Crippen LogP contribution in [0, 0.1) is 12.7 Å². The molecule has 0 aliphatic carbocycles. The number of aromatic nitrogens is 1. The summed E-state index contributed by atoms with van der Waals surface area (Å²) < 4.78 is 19.2. The van der Waals surface area contributed by atoms with Crippen molar-refractivity contribution in [3.8, 4) is 22.5 Å². The molecular weight excluding hydrogens is 255 g/mol. The summed E-state index contributed by atoms with van der Waals surface area (Å²) in [4.78, 5) is 0. The van der Waals surface area contributed by atoms with Gasteiger partial charge in [-0.05, 0) is 24.6 Å². The normalized spacial score (nSPS) is 10.7. The molecule has 2 aromatic carbocycles. The molecule has 0 fully saturated rings. The van der Waals surface area contributed by atoms with Crippen LogP contribution in [-0.2, 0) is 0 Å². The van der Waals surface area contributed by atoms with E-state index in [2.05, 4.69) is 5.16 Å². The van der Waals surface area contributed by atoms with Crippen molar-refractivity contribution in [3.05, 3.63) is 59.9 Å². The van der Waals surface area contributed by atoms with E-state index in [4.69, 9.17) is 10.3 Å². The van der Waals surface area contributed by atoms with Crippen molar-refractivity contribution in [3.63, 3.8) is 0 Å². The van der Waals surface area contributed by atoms with E-state index in [0.29, 0.717) is 16.9 Å². The Labute approximate surface area is 115 Å². The highest BCUT2D eigenvalue weighted by molar-refractivity contribution is 5.86. The van der Waals surface area contributed by atoms with Gasteiger partial charge in [-0.25, -0.2) is 4.39 Å². The smallest absolute Gasteiger partial charge is 0.179 e. The van der Waals surface area contributed by atoms with Crippen molar-refractivity contribution in [1.29, 1.82) is 0 Å².